The van der Waals surface area contributed by atoms with Crippen LogP contribution in [0.5, 0.6) is 0 Å². The zero-order valence-corrected chi connectivity index (χ0v) is 10.2. The largest absolute Gasteiger partial charge is 0.295 e. The first-order valence-electron chi connectivity index (χ1n) is 4.69. The second-order valence-corrected chi connectivity index (χ2v) is 4.12. The second-order valence-electron chi connectivity index (χ2n) is 3.27. The molecule has 15 heavy (non-hydrogen) atoms. The highest BCUT2D eigenvalue weighted by Gasteiger charge is 2.09. The maximum Gasteiger partial charge on any atom is 0.121 e. The average molecular weight is 265 g/mol. The molecule has 1 N–H and O–H groups in total. The Bertz CT molecular complexity index is 393. The standard InChI is InChI=1S/C12H13BrN2/c1-3-6-15-12(8-14)10-5-4-9(2)11(13)7-10/h3-5,7,12,15H,1,6H2,2H3. The van der Waals surface area contributed by atoms with E-state index in [0.717, 1.165) is 10.0 Å². The predicted molar refractivity (Wildman–Crippen MR) is 65.4 cm³/mol. The van der Waals surface area contributed by atoms with Crippen molar-refractivity contribution in [3.8, 4) is 6.07 Å². The van der Waals surface area contributed by atoms with Gasteiger partial charge in [0.15, 0.2) is 0 Å². The smallest absolute Gasteiger partial charge is 0.121 e. The number of hydrogen-bond acceptors (Lipinski definition) is 2. The van der Waals surface area contributed by atoms with Gasteiger partial charge in [-0.2, -0.15) is 5.26 Å². The van der Waals surface area contributed by atoms with Gasteiger partial charge in [0.25, 0.3) is 0 Å². The van der Waals surface area contributed by atoms with E-state index in [0.29, 0.717) is 6.54 Å². The molecule has 1 unspecified atom stereocenters. The molecule has 0 saturated heterocycles. The summed E-state index contributed by atoms with van der Waals surface area (Å²) >= 11 is 3.45. The van der Waals surface area contributed by atoms with E-state index >= 15 is 0 Å². The zero-order valence-electron chi connectivity index (χ0n) is 8.63. The van der Waals surface area contributed by atoms with Gasteiger partial charge >= 0.3 is 0 Å². The fraction of sp³-hybridized carbons (Fsp3) is 0.250. The number of benzene rings is 1. The van der Waals surface area contributed by atoms with Crippen molar-refractivity contribution in [2.45, 2.75) is 13.0 Å². The third-order valence-electron chi connectivity index (χ3n) is 2.12. The molecule has 0 radical (unpaired) electrons. The lowest BCUT2D eigenvalue weighted by molar-refractivity contribution is 0.683. The van der Waals surface area contributed by atoms with Crippen molar-refractivity contribution in [1.29, 1.82) is 5.26 Å². The van der Waals surface area contributed by atoms with Crippen LogP contribution in [-0.4, -0.2) is 6.54 Å². The quantitative estimate of drug-likeness (QED) is 0.849. The predicted octanol–water partition coefficient (Wildman–Crippen LogP) is 3.10. The van der Waals surface area contributed by atoms with E-state index in [-0.39, 0.29) is 6.04 Å². The van der Waals surface area contributed by atoms with Crippen LogP contribution in [0, 0.1) is 18.3 Å². The van der Waals surface area contributed by atoms with Gasteiger partial charge in [0.05, 0.1) is 6.07 Å². The van der Waals surface area contributed by atoms with Gasteiger partial charge in [0.1, 0.15) is 6.04 Å². The van der Waals surface area contributed by atoms with Gasteiger partial charge in [-0.1, -0.05) is 34.1 Å². The number of hydrogen-bond donors (Lipinski definition) is 1. The Kier molecular flexibility index (Phi) is 4.54. The molecule has 1 rings (SSSR count). The molecule has 3 heteroatoms. The summed E-state index contributed by atoms with van der Waals surface area (Å²) in [6, 6.07) is 7.88. The van der Waals surface area contributed by atoms with Crippen LogP contribution in [0.2, 0.25) is 0 Å². The van der Waals surface area contributed by atoms with E-state index < -0.39 is 0 Å². The maximum atomic E-state index is 9.00. The molecule has 0 bridgehead atoms. The van der Waals surface area contributed by atoms with Gasteiger partial charge in [-0.15, -0.1) is 6.58 Å². The Morgan fingerprint density at radius 1 is 1.67 bits per heavy atom. The number of nitrogens with one attached hydrogen (secondary N) is 1. The Morgan fingerprint density at radius 3 is 2.93 bits per heavy atom. The lowest BCUT2D eigenvalue weighted by Gasteiger charge is -2.11. The van der Waals surface area contributed by atoms with Crippen LogP contribution in [0.1, 0.15) is 17.2 Å². The first kappa shape index (κ1) is 12.0. The Labute approximate surface area is 98.7 Å². The van der Waals surface area contributed by atoms with Crippen molar-refractivity contribution in [2.24, 2.45) is 0 Å². The Hall–Kier alpha value is -1.11. The molecule has 0 aliphatic carbocycles. The molecule has 0 fully saturated rings. The van der Waals surface area contributed by atoms with E-state index in [4.69, 9.17) is 5.26 Å². The fourth-order valence-electron chi connectivity index (χ4n) is 1.23. The van der Waals surface area contributed by atoms with Crippen LogP contribution in [0.4, 0.5) is 0 Å². The molecule has 1 aromatic carbocycles. The average Bonchev–Trinajstić information content (AvgIpc) is 2.24. The lowest BCUT2D eigenvalue weighted by atomic mass is 10.1. The number of rotatable bonds is 4. The van der Waals surface area contributed by atoms with Crippen molar-refractivity contribution < 1.29 is 0 Å². The summed E-state index contributed by atoms with van der Waals surface area (Å²) in [4.78, 5) is 0. The summed E-state index contributed by atoms with van der Waals surface area (Å²) in [5, 5.41) is 12.1. The molecule has 0 aliphatic rings. The number of nitrogens with zero attached hydrogens (tertiary/aromatic N) is 1. The van der Waals surface area contributed by atoms with E-state index in [2.05, 4.69) is 33.9 Å². The molecule has 0 saturated carbocycles. The Balaban J connectivity index is 2.88. The van der Waals surface area contributed by atoms with Gasteiger partial charge in [0.2, 0.25) is 0 Å². The van der Waals surface area contributed by atoms with E-state index in [1.54, 1.807) is 6.08 Å². The zero-order chi connectivity index (χ0) is 11.3. The second kappa shape index (κ2) is 5.69. The summed E-state index contributed by atoms with van der Waals surface area (Å²) in [6.45, 7) is 6.26. The van der Waals surface area contributed by atoms with Gasteiger partial charge in [-0.05, 0) is 24.1 Å². The molecule has 0 aliphatic heterocycles. The minimum Gasteiger partial charge on any atom is -0.295 e. The molecule has 0 spiro atoms. The summed E-state index contributed by atoms with van der Waals surface area (Å²) in [5.74, 6) is 0. The van der Waals surface area contributed by atoms with E-state index in [1.165, 1.54) is 5.56 Å². The topological polar surface area (TPSA) is 35.8 Å². The third-order valence-corrected chi connectivity index (χ3v) is 2.98. The monoisotopic (exact) mass is 264 g/mol. The highest BCUT2D eigenvalue weighted by Crippen LogP contribution is 2.21. The maximum absolute atomic E-state index is 9.00. The van der Waals surface area contributed by atoms with Gasteiger partial charge in [-0.3, -0.25) is 5.32 Å². The lowest BCUT2D eigenvalue weighted by Crippen LogP contribution is -2.19. The molecule has 1 aromatic rings. The van der Waals surface area contributed by atoms with Crippen molar-refractivity contribution in [1.82, 2.24) is 5.32 Å². The number of nitriles is 1. The summed E-state index contributed by atoms with van der Waals surface area (Å²) < 4.78 is 1.03. The van der Waals surface area contributed by atoms with E-state index in [9.17, 15) is 0 Å². The van der Waals surface area contributed by atoms with Crippen molar-refractivity contribution >= 4 is 15.9 Å². The summed E-state index contributed by atoms with van der Waals surface area (Å²) in [7, 11) is 0. The molecule has 1 atom stereocenters. The molecular weight excluding hydrogens is 252 g/mol. The van der Waals surface area contributed by atoms with Crippen LogP contribution >= 0.6 is 15.9 Å². The molecule has 2 nitrogen and oxygen atoms in total. The fourth-order valence-corrected chi connectivity index (χ4v) is 1.62. The SMILES string of the molecule is C=CCNC(C#N)c1ccc(C)c(Br)c1. The normalized spacial score (nSPS) is 11.8. The number of aryl methyl sites for hydroxylation is 1. The van der Waals surface area contributed by atoms with Crippen LogP contribution in [0.3, 0.4) is 0 Å². The van der Waals surface area contributed by atoms with Gasteiger partial charge < -0.3 is 0 Å². The summed E-state index contributed by atoms with van der Waals surface area (Å²) in [5.41, 5.74) is 2.14. The van der Waals surface area contributed by atoms with Crippen LogP contribution in [0.15, 0.2) is 35.3 Å². The van der Waals surface area contributed by atoms with Gasteiger partial charge in [-0.25, -0.2) is 0 Å². The van der Waals surface area contributed by atoms with Crippen molar-refractivity contribution in [2.75, 3.05) is 6.54 Å². The molecule has 0 aromatic heterocycles. The first-order valence-corrected chi connectivity index (χ1v) is 5.48. The van der Waals surface area contributed by atoms with Crippen molar-refractivity contribution in [3.63, 3.8) is 0 Å². The van der Waals surface area contributed by atoms with Crippen LogP contribution < -0.4 is 5.32 Å². The molecule has 0 amide bonds. The van der Waals surface area contributed by atoms with Crippen molar-refractivity contribution in [3.05, 3.63) is 46.5 Å². The minimum absolute atomic E-state index is 0.278. The minimum atomic E-state index is -0.278. The van der Waals surface area contributed by atoms with Crippen LogP contribution in [-0.2, 0) is 0 Å². The third kappa shape index (κ3) is 3.19. The molecular formula is C12H13BrN2. The molecule has 0 heterocycles. The van der Waals surface area contributed by atoms with Gasteiger partial charge in [0, 0.05) is 11.0 Å². The molecule has 78 valence electrons. The van der Waals surface area contributed by atoms with Crippen LogP contribution in [0.25, 0.3) is 0 Å². The first-order chi connectivity index (χ1) is 7.19. The number of halogens is 1. The Morgan fingerprint density at radius 2 is 2.40 bits per heavy atom. The highest BCUT2D eigenvalue weighted by atomic mass is 79.9. The summed E-state index contributed by atoms with van der Waals surface area (Å²) in [6.07, 6.45) is 1.74. The van der Waals surface area contributed by atoms with E-state index in [1.807, 2.05) is 25.1 Å². The highest BCUT2D eigenvalue weighted by molar-refractivity contribution is 9.10.